The lowest BCUT2D eigenvalue weighted by Gasteiger charge is -2.19. The lowest BCUT2D eigenvalue weighted by molar-refractivity contribution is -0.120. The largest absolute Gasteiger partial charge is 0.337 e. The van der Waals surface area contributed by atoms with E-state index in [0.717, 1.165) is 5.56 Å². The van der Waals surface area contributed by atoms with Gasteiger partial charge in [-0.05, 0) is 12.0 Å². The van der Waals surface area contributed by atoms with Crippen molar-refractivity contribution in [2.45, 2.75) is 43.8 Å². The second kappa shape index (κ2) is 7.50. The van der Waals surface area contributed by atoms with Gasteiger partial charge in [0.1, 0.15) is 18.2 Å². The number of carbonyl (C=O) groups is 2. The Morgan fingerprint density at radius 2 is 2.00 bits per heavy atom. The number of fused-ring (bicyclic) bond motifs is 1. The van der Waals surface area contributed by atoms with Crippen LogP contribution in [0, 0.1) is 0 Å². The van der Waals surface area contributed by atoms with Crippen molar-refractivity contribution >= 4 is 17.6 Å². The molecule has 0 saturated heterocycles. The molecule has 1 fully saturated rings. The summed E-state index contributed by atoms with van der Waals surface area (Å²) in [5, 5.41) is 11.2. The van der Waals surface area contributed by atoms with Gasteiger partial charge in [0.25, 0.3) is 17.7 Å². The van der Waals surface area contributed by atoms with Crippen molar-refractivity contribution in [1.29, 1.82) is 0 Å². The summed E-state index contributed by atoms with van der Waals surface area (Å²) in [6.45, 7) is 0.778. The molecule has 1 saturated carbocycles. The molecule has 166 valence electrons. The molecule has 2 aliphatic rings. The number of alkyl halides is 2. The molecule has 2 atom stereocenters. The number of aromatic nitrogens is 5. The zero-order valence-electron chi connectivity index (χ0n) is 17.3. The molecule has 1 N–H and O–H groups in total. The predicted molar refractivity (Wildman–Crippen MR) is 109 cm³/mol. The third-order valence-corrected chi connectivity index (χ3v) is 5.79. The molecule has 1 aromatic carbocycles. The summed E-state index contributed by atoms with van der Waals surface area (Å²) in [6, 6.07) is 10.4. The van der Waals surface area contributed by atoms with Crippen LogP contribution in [0.1, 0.15) is 40.6 Å². The van der Waals surface area contributed by atoms with Crippen molar-refractivity contribution in [1.82, 2.24) is 29.9 Å². The van der Waals surface area contributed by atoms with Crippen molar-refractivity contribution < 1.29 is 18.4 Å². The summed E-state index contributed by atoms with van der Waals surface area (Å²) < 4.78 is 29.9. The summed E-state index contributed by atoms with van der Waals surface area (Å²) in [7, 11) is 1.54. The topological polar surface area (TPSA) is 97.9 Å². The molecule has 1 aliphatic heterocycles. The maximum Gasteiger partial charge on any atom is 0.291 e. The van der Waals surface area contributed by atoms with Crippen LogP contribution in [-0.2, 0) is 17.9 Å². The Hall–Kier alpha value is -3.63. The summed E-state index contributed by atoms with van der Waals surface area (Å²) in [5.41, 5.74) is 1.31. The minimum absolute atomic E-state index is 0.0309. The van der Waals surface area contributed by atoms with Gasteiger partial charge in [0.05, 0.1) is 18.2 Å². The first-order valence-corrected chi connectivity index (χ1v) is 10.3. The van der Waals surface area contributed by atoms with Gasteiger partial charge in [-0.2, -0.15) is 5.10 Å². The lowest BCUT2D eigenvalue weighted by Crippen LogP contribution is -2.47. The molecule has 2 unspecified atom stereocenters. The van der Waals surface area contributed by atoms with Crippen LogP contribution in [0.25, 0.3) is 0 Å². The zero-order valence-corrected chi connectivity index (χ0v) is 17.3. The van der Waals surface area contributed by atoms with E-state index in [1.165, 1.54) is 17.3 Å². The first kappa shape index (κ1) is 20.3. The number of aryl methyl sites for hydroxylation is 1. The van der Waals surface area contributed by atoms with E-state index in [0.29, 0.717) is 24.6 Å². The van der Waals surface area contributed by atoms with E-state index >= 15 is 0 Å². The van der Waals surface area contributed by atoms with Gasteiger partial charge in [-0.3, -0.25) is 14.5 Å². The summed E-state index contributed by atoms with van der Waals surface area (Å²) >= 11 is 0. The number of halogens is 2. The van der Waals surface area contributed by atoms with Crippen molar-refractivity contribution in [3.8, 4) is 0 Å². The molecule has 0 bridgehead atoms. The Bertz CT molecular complexity index is 1170. The monoisotopic (exact) mass is 441 g/mol. The maximum absolute atomic E-state index is 13.4. The average molecular weight is 441 g/mol. The molecular weight excluding hydrogens is 420 g/mol. The number of rotatable bonds is 5. The maximum atomic E-state index is 13.4. The SMILES string of the molecule is CN1C(=O)C(NC(=O)c2ncn(Cc3ccccc3)n2)CCn2nc(C3CC3(F)F)cc21. The molecular formula is C21H21F2N7O2. The fourth-order valence-corrected chi connectivity index (χ4v) is 3.89. The third-order valence-electron chi connectivity index (χ3n) is 5.79. The molecule has 32 heavy (non-hydrogen) atoms. The van der Waals surface area contributed by atoms with E-state index < -0.39 is 23.8 Å². The Balaban J connectivity index is 1.25. The van der Waals surface area contributed by atoms with Gasteiger partial charge in [0.2, 0.25) is 5.82 Å². The number of amides is 2. The van der Waals surface area contributed by atoms with Crippen LogP contribution in [0.5, 0.6) is 0 Å². The van der Waals surface area contributed by atoms with Gasteiger partial charge in [0, 0.05) is 26.1 Å². The number of hydrogen-bond acceptors (Lipinski definition) is 5. The van der Waals surface area contributed by atoms with E-state index in [1.54, 1.807) is 16.4 Å². The molecule has 0 radical (unpaired) electrons. The fraction of sp³-hybridized carbons (Fsp3) is 0.381. The average Bonchev–Trinajstić information content (AvgIpc) is 3.12. The van der Waals surface area contributed by atoms with Crippen molar-refractivity contribution in [3.05, 3.63) is 59.8 Å². The highest BCUT2D eigenvalue weighted by Gasteiger charge is 2.59. The van der Waals surface area contributed by atoms with Gasteiger partial charge in [-0.1, -0.05) is 30.3 Å². The highest BCUT2D eigenvalue weighted by atomic mass is 19.3. The molecule has 9 nitrogen and oxygen atoms in total. The van der Waals surface area contributed by atoms with Crippen LogP contribution >= 0.6 is 0 Å². The first-order valence-electron chi connectivity index (χ1n) is 10.3. The second-order valence-corrected chi connectivity index (χ2v) is 8.13. The Kier molecular flexibility index (Phi) is 4.75. The molecule has 0 spiro atoms. The first-order chi connectivity index (χ1) is 15.3. The normalized spacial score (nSPS) is 21.7. The molecule has 1 aliphatic carbocycles. The van der Waals surface area contributed by atoms with E-state index in [2.05, 4.69) is 20.5 Å². The highest BCUT2D eigenvalue weighted by molar-refractivity contribution is 6.00. The van der Waals surface area contributed by atoms with Gasteiger partial charge >= 0.3 is 0 Å². The van der Waals surface area contributed by atoms with Gasteiger partial charge < -0.3 is 5.32 Å². The molecule has 3 aromatic rings. The number of nitrogens with zero attached hydrogens (tertiary/aromatic N) is 6. The smallest absolute Gasteiger partial charge is 0.291 e. The van der Waals surface area contributed by atoms with Crippen LogP contribution in [0.2, 0.25) is 0 Å². The van der Waals surface area contributed by atoms with Gasteiger partial charge in [-0.15, -0.1) is 5.10 Å². The van der Waals surface area contributed by atoms with Crippen molar-refractivity contribution in [2.75, 3.05) is 11.9 Å². The Morgan fingerprint density at radius 3 is 2.72 bits per heavy atom. The third kappa shape index (κ3) is 3.74. The number of anilines is 1. The predicted octanol–water partition coefficient (Wildman–Crippen LogP) is 1.81. The van der Waals surface area contributed by atoms with E-state index in [9.17, 15) is 18.4 Å². The molecule has 5 rings (SSSR count). The number of benzene rings is 1. The van der Waals surface area contributed by atoms with Crippen LogP contribution in [0.3, 0.4) is 0 Å². The van der Waals surface area contributed by atoms with Gasteiger partial charge in [-0.25, -0.2) is 23.1 Å². The quantitative estimate of drug-likeness (QED) is 0.651. The minimum Gasteiger partial charge on any atom is -0.337 e. The summed E-state index contributed by atoms with van der Waals surface area (Å²) in [6.07, 6.45) is 1.52. The van der Waals surface area contributed by atoms with E-state index in [-0.39, 0.29) is 24.6 Å². The number of hydrogen-bond donors (Lipinski definition) is 1. The molecule has 2 amide bonds. The standard InChI is InChI=1S/C21H21F2N7O2/c1-28-17-9-16(14-10-21(14,22)23)26-30(17)8-7-15(20(28)32)25-19(31)18-24-12-29(27-18)11-13-5-3-2-4-6-13/h2-6,9,12,14-15H,7-8,10-11H2,1H3,(H,25,31). The second-order valence-electron chi connectivity index (χ2n) is 8.13. The summed E-state index contributed by atoms with van der Waals surface area (Å²) in [4.78, 5) is 31.0. The number of nitrogens with one attached hydrogen (secondary N) is 1. The van der Waals surface area contributed by atoms with Crippen LogP contribution in [-0.4, -0.2) is 55.4 Å². The molecule has 3 heterocycles. The van der Waals surface area contributed by atoms with Crippen LogP contribution in [0.15, 0.2) is 42.7 Å². The fourth-order valence-electron chi connectivity index (χ4n) is 3.89. The van der Waals surface area contributed by atoms with Crippen LogP contribution in [0.4, 0.5) is 14.6 Å². The number of likely N-dealkylation sites (N-methyl/N-ethyl adjacent to an activating group) is 1. The van der Waals surface area contributed by atoms with E-state index in [4.69, 9.17) is 0 Å². The highest BCUT2D eigenvalue weighted by Crippen LogP contribution is 2.55. The lowest BCUT2D eigenvalue weighted by atomic mass is 10.2. The molecule has 2 aromatic heterocycles. The van der Waals surface area contributed by atoms with E-state index in [1.807, 2.05) is 30.3 Å². The Morgan fingerprint density at radius 1 is 1.25 bits per heavy atom. The zero-order chi connectivity index (χ0) is 22.5. The van der Waals surface area contributed by atoms with Crippen LogP contribution < -0.4 is 10.2 Å². The van der Waals surface area contributed by atoms with Gasteiger partial charge in [0.15, 0.2) is 0 Å². The number of carbonyl (C=O) groups excluding carboxylic acids is 2. The van der Waals surface area contributed by atoms with Crippen molar-refractivity contribution in [3.63, 3.8) is 0 Å². The Labute approximate surface area is 182 Å². The molecule has 11 heteroatoms. The minimum atomic E-state index is -2.73. The summed E-state index contributed by atoms with van der Waals surface area (Å²) in [5.74, 6) is -4.11. The van der Waals surface area contributed by atoms with Crippen molar-refractivity contribution in [2.24, 2.45) is 0 Å².